The van der Waals surface area contributed by atoms with Crippen LogP contribution >= 0.6 is 0 Å². The van der Waals surface area contributed by atoms with Crippen LogP contribution in [-0.4, -0.2) is 56.6 Å². The number of hydrogen-bond donors (Lipinski definition) is 1. The molecule has 0 aliphatic carbocycles. The molecule has 0 amide bonds. The first-order chi connectivity index (χ1) is 14.1. The third kappa shape index (κ3) is 3.39. The Morgan fingerprint density at radius 1 is 1.24 bits per heavy atom. The number of methoxy groups -OCH3 is 3. The average Bonchev–Trinajstić information content (AvgIpc) is 3.15. The van der Waals surface area contributed by atoms with Crippen molar-refractivity contribution in [3.8, 4) is 0 Å². The van der Waals surface area contributed by atoms with Crippen molar-refractivity contribution in [1.82, 2.24) is 9.88 Å². The topological polar surface area (TPSA) is 63.8 Å². The molecular formula is C23H30N2O4. The number of esters is 1. The Balaban J connectivity index is 1.74. The summed E-state index contributed by atoms with van der Waals surface area (Å²) in [5.41, 5.74) is 5.13. The number of para-hydroxylation sites is 1. The molecule has 1 unspecified atom stereocenters. The summed E-state index contributed by atoms with van der Waals surface area (Å²) in [5.74, 6) is -0.793. The summed E-state index contributed by atoms with van der Waals surface area (Å²) in [4.78, 5) is 18.9. The van der Waals surface area contributed by atoms with Gasteiger partial charge in [-0.3, -0.25) is 9.69 Å². The standard InChI is InChI=1S/C23H30N2O4/c1-5-14-13-25-11-10-16-15-8-6-7-9-18(15)24-21(16)19(25)12-17(14)20(22(26)27-2)23(28-3)29-4/h5-9,17,19-20,23-24H,10-13H2,1-4H3/b14-5+/t17-,19+,20?/m0/s1. The predicted octanol–water partition coefficient (Wildman–Crippen LogP) is 3.44. The zero-order valence-electron chi connectivity index (χ0n) is 17.6. The minimum absolute atomic E-state index is 0.00374. The van der Waals surface area contributed by atoms with E-state index in [1.807, 2.05) is 6.92 Å². The van der Waals surface area contributed by atoms with E-state index in [-0.39, 0.29) is 17.9 Å². The number of aromatic amines is 1. The second kappa shape index (κ2) is 8.30. The lowest BCUT2D eigenvalue weighted by atomic mass is 9.75. The number of carbonyl (C=O) groups is 1. The molecule has 1 N–H and O–H groups in total. The summed E-state index contributed by atoms with van der Waals surface area (Å²) in [7, 11) is 4.58. The van der Waals surface area contributed by atoms with E-state index in [4.69, 9.17) is 14.2 Å². The van der Waals surface area contributed by atoms with Crippen LogP contribution in [-0.2, 0) is 25.4 Å². The maximum Gasteiger partial charge on any atom is 0.314 e. The largest absolute Gasteiger partial charge is 0.469 e. The van der Waals surface area contributed by atoms with Crippen LogP contribution in [0.3, 0.4) is 0 Å². The minimum Gasteiger partial charge on any atom is -0.469 e. The van der Waals surface area contributed by atoms with Crippen LogP contribution in [0.2, 0.25) is 0 Å². The number of fused-ring (bicyclic) bond motifs is 5. The second-order valence-electron chi connectivity index (χ2n) is 7.89. The summed E-state index contributed by atoms with van der Waals surface area (Å²) in [5, 5.41) is 1.31. The molecule has 2 aromatic rings. The Labute approximate surface area is 171 Å². The van der Waals surface area contributed by atoms with Gasteiger partial charge in [0.05, 0.1) is 13.2 Å². The summed E-state index contributed by atoms with van der Waals surface area (Å²) in [6.45, 7) is 3.91. The first kappa shape index (κ1) is 20.1. The Morgan fingerprint density at radius 2 is 2.00 bits per heavy atom. The van der Waals surface area contributed by atoms with Crippen LogP contribution in [0.1, 0.15) is 30.6 Å². The SMILES string of the molecule is C/C=C1\CN2CCc3c([nH]c4ccccc34)[C@H]2C[C@@H]1C(C(=O)OC)C(OC)OC. The molecule has 3 heterocycles. The number of benzene rings is 1. The van der Waals surface area contributed by atoms with Crippen molar-refractivity contribution >= 4 is 16.9 Å². The average molecular weight is 399 g/mol. The maximum absolute atomic E-state index is 12.7. The van der Waals surface area contributed by atoms with Crippen LogP contribution in [0.4, 0.5) is 0 Å². The number of H-pyrrole nitrogens is 1. The van der Waals surface area contributed by atoms with E-state index in [2.05, 4.69) is 40.2 Å². The monoisotopic (exact) mass is 398 g/mol. The highest BCUT2D eigenvalue weighted by Gasteiger charge is 2.45. The van der Waals surface area contributed by atoms with E-state index in [0.29, 0.717) is 0 Å². The minimum atomic E-state index is -0.639. The van der Waals surface area contributed by atoms with Crippen molar-refractivity contribution in [2.24, 2.45) is 11.8 Å². The van der Waals surface area contributed by atoms with Gasteiger partial charge in [-0.1, -0.05) is 29.8 Å². The fraction of sp³-hybridized carbons (Fsp3) is 0.522. The smallest absolute Gasteiger partial charge is 0.314 e. The van der Waals surface area contributed by atoms with Crippen LogP contribution in [0, 0.1) is 11.8 Å². The number of carbonyl (C=O) groups excluding carboxylic acids is 1. The first-order valence-electron chi connectivity index (χ1n) is 10.2. The Kier molecular flexibility index (Phi) is 5.76. The molecule has 4 rings (SSSR count). The molecule has 0 saturated carbocycles. The van der Waals surface area contributed by atoms with Crippen molar-refractivity contribution in [2.45, 2.75) is 32.1 Å². The van der Waals surface area contributed by atoms with Gasteiger partial charge in [0.1, 0.15) is 5.92 Å². The Bertz CT molecular complexity index is 915. The van der Waals surface area contributed by atoms with E-state index < -0.39 is 12.2 Å². The number of nitrogens with one attached hydrogen (secondary N) is 1. The van der Waals surface area contributed by atoms with Gasteiger partial charge < -0.3 is 19.2 Å². The van der Waals surface area contributed by atoms with Crippen molar-refractivity contribution in [3.05, 3.63) is 47.2 Å². The van der Waals surface area contributed by atoms with Gasteiger partial charge in [0.25, 0.3) is 0 Å². The molecule has 0 radical (unpaired) electrons. The molecule has 156 valence electrons. The molecule has 0 bridgehead atoms. The lowest BCUT2D eigenvalue weighted by molar-refractivity contribution is -0.182. The summed E-state index contributed by atoms with van der Waals surface area (Å²) in [6.07, 6.45) is 3.36. The zero-order valence-corrected chi connectivity index (χ0v) is 17.6. The van der Waals surface area contributed by atoms with E-state index >= 15 is 0 Å². The highest BCUT2D eigenvalue weighted by molar-refractivity contribution is 5.85. The number of piperidine rings is 1. The molecule has 2 aliphatic heterocycles. The van der Waals surface area contributed by atoms with Crippen LogP contribution in [0.5, 0.6) is 0 Å². The van der Waals surface area contributed by atoms with Gasteiger partial charge in [-0.05, 0) is 31.4 Å². The lowest BCUT2D eigenvalue weighted by Gasteiger charge is -2.46. The number of aromatic nitrogens is 1. The summed E-state index contributed by atoms with van der Waals surface area (Å²) >= 11 is 0. The molecule has 3 atom stereocenters. The van der Waals surface area contributed by atoms with Gasteiger partial charge >= 0.3 is 5.97 Å². The fourth-order valence-corrected chi connectivity index (χ4v) is 5.24. The molecule has 1 aromatic heterocycles. The number of ether oxygens (including phenoxy) is 3. The molecule has 6 heteroatoms. The van der Waals surface area contributed by atoms with E-state index in [1.165, 1.54) is 34.8 Å². The number of allylic oxidation sites excluding steroid dienone is 1. The van der Waals surface area contributed by atoms with Crippen molar-refractivity contribution in [2.75, 3.05) is 34.4 Å². The van der Waals surface area contributed by atoms with Crippen molar-refractivity contribution in [1.29, 1.82) is 0 Å². The highest BCUT2D eigenvalue weighted by Crippen LogP contribution is 2.45. The van der Waals surface area contributed by atoms with Crippen molar-refractivity contribution in [3.63, 3.8) is 0 Å². The third-order valence-electron chi connectivity index (χ3n) is 6.64. The van der Waals surface area contributed by atoms with Crippen LogP contribution in [0.15, 0.2) is 35.9 Å². The number of nitrogens with zero attached hydrogens (tertiary/aromatic N) is 1. The molecule has 0 spiro atoms. The molecular weight excluding hydrogens is 368 g/mol. The summed E-state index contributed by atoms with van der Waals surface area (Å²) < 4.78 is 16.2. The van der Waals surface area contributed by atoms with E-state index in [0.717, 1.165) is 25.9 Å². The quantitative estimate of drug-likeness (QED) is 0.475. The van der Waals surface area contributed by atoms with Gasteiger partial charge in [0, 0.05) is 49.8 Å². The Morgan fingerprint density at radius 3 is 2.69 bits per heavy atom. The van der Waals surface area contributed by atoms with Gasteiger partial charge in [0.2, 0.25) is 0 Å². The molecule has 1 aromatic carbocycles. The highest BCUT2D eigenvalue weighted by atomic mass is 16.7. The normalized spacial score (nSPS) is 24.5. The molecule has 29 heavy (non-hydrogen) atoms. The zero-order chi connectivity index (χ0) is 20.5. The Hall–Kier alpha value is -2.15. The van der Waals surface area contributed by atoms with Crippen LogP contribution in [0.25, 0.3) is 10.9 Å². The van der Waals surface area contributed by atoms with Gasteiger partial charge in [0.15, 0.2) is 6.29 Å². The lowest BCUT2D eigenvalue weighted by Crippen LogP contribution is -2.48. The molecule has 2 aliphatic rings. The van der Waals surface area contributed by atoms with Gasteiger partial charge in [-0.2, -0.15) is 0 Å². The van der Waals surface area contributed by atoms with E-state index in [9.17, 15) is 4.79 Å². The third-order valence-corrected chi connectivity index (χ3v) is 6.64. The van der Waals surface area contributed by atoms with Crippen LogP contribution < -0.4 is 0 Å². The van der Waals surface area contributed by atoms with E-state index in [1.54, 1.807) is 14.2 Å². The summed E-state index contributed by atoms with van der Waals surface area (Å²) in [6, 6.07) is 8.74. The molecule has 6 nitrogen and oxygen atoms in total. The second-order valence-corrected chi connectivity index (χ2v) is 7.89. The van der Waals surface area contributed by atoms with Crippen molar-refractivity contribution < 1.29 is 19.0 Å². The maximum atomic E-state index is 12.7. The predicted molar refractivity (Wildman–Crippen MR) is 111 cm³/mol. The van der Waals surface area contributed by atoms with Gasteiger partial charge in [-0.15, -0.1) is 0 Å². The molecule has 1 fully saturated rings. The number of rotatable bonds is 5. The van der Waals surface area contributed by atoms with Gasteiger partial charge in [-0.25, -0.2) is 0 Å². The first-order valence-corrected chi connectivity index (χ1v) is 10.2. The number of hydrogen-bond acceptors (Lipinski definition) is 5. The fourth-order valence-electron chi connectivity index (χ4n) is 5.24. The molecule has 1 saturated heterocycles.